The summed E-state index contributed by atoms with van der Waals surface area (Å²) in [5.41, 5.74) is -0.302. The minimum atomic E-state index is -4.48. The molecule has 1 heterocycles. The Hall–Kier alpha value is -1.51. The maximum atomic E-state index is 13.6. The topological polar surface area (TPSA) is 38.1 Å². The Morgan fingerprint density at radius 2 is 1.96 bits per heavy atom. The van der Waals surface area contributed by atoms with Gasteiger partial charge in [0.15, 0.2) is 0 Å². The van der Waals surface area contributed by atoms with Crippen molar-refractivity contribution < 1.29 is 13.2 Å². The van der Waals surface area contributed by atoms with Crippen molar-refractivity contribution in [3.63, 3.8) is 0 Å². The summed E-state index contributed by atoms with van der Waals surface area (Å²) in [5, 5.41) is 4.20. The Balaban J connectivity index is 2.36. The molecular weight excluding hydrogens is 363 g/mol. The van der Waals surface area contributed by atoms with Crippen LogP contribution in [0.25, 0.3) is 0 Å². The zero-order chi connectivity index (χ0) is 17.9. The van der Waals surface area contributed by atoms with E-state index in [1.54, 1.807) is 6.92 Å². The minimum absolute atomic E-state index is 0.0815. The highest BCUT2D eigenvalue weighted by atomic mass is 35.5. The molecule has 0 amide bonds. The van der Waals surface area contributed by atoms with Crippen LogP contribution in [0, 0.1) is 0 Å². The Morgan fingerprint density at radius 3 is 2.46 bits per heavy atom. The SMILES string of the molecule is CCN(Sc1cnn(C)c(=O)c1)[C@H](c1ccc(Cl)cc1)C(F)(F)F. The average molecular weight is 378 g/mol. The molecule has 0 aliphatic carbocycles. The molecule has 0 radical (unpaired) electrons. The Bertz CT molecular complexity index is 749. The standard InChI is InChI=1S/C15H15ClF3N3OS/c1-3-22(24-12-8-13(23)21(2)20-9-12)14(15(17,18)19)10-4-6-11(16)7-5-10/h4-9,14H,3H2,1-2H3/t14-/m1/s1. The molecule has 0 spiro atoms. The molecule has 0 unspecified atom stereocenters. The van der Waals surface area contributed by atoms with Gasteiger partial charge in [-0.2, -0.15) is 18.3 Å². The number of benzene rings is 1. The van der Waals surface area contributed by atoms with Crippen LogP contribution in [0.15, 0.2) is 46.2 Å². The van der Waals surface area contributed by atoms with Crippen molar-refractivity contribution in [1.29, 1.82) is 0 Å². The maximum absolute atomic E-state index is 13.6. The predicted molar refractivity (Wildman–Crippen MR) is 88.0 cm³/mol. The molecule has 1 atom stereocenters. The molecule has 2 rings (SSSR count). The molecule has 1 aromatic carbocycles. The summed E-state index contributed by atoms with van der Waals surface area (Å²) in [6.07, 6.45) is -3.12. The molecule has 130 valence electrons. The summed E-state index contributed by atoms with van der Waals surface area (Å²) in [6.45, 7) is 1.74. The molecule has 2 aromatic rings. The summed E-state index contributed by atoms with van der Waals surface area (Å²) >= 11 is 6.61. The third-order valence-electron chi connectivity index (χ3n) is 3.26. The van der Waals surface area contributed by atoms with Gasteiger partial charge in [0.05, 0.1) is 6.20 Å². The van der Waals surface area contributed by atoms with Crippen molar-refractivity contribution in [3.8, 4) is 0 Å². The van der Waals surface area contributed by atoms with Gasteiger partial charge in [0.2, 0.25) is 0 Å². The van der Waals surface area contributed by atoms with Crippen LogP contribution in [0.1, 0.15) is 18.5 Å². The van der Waals surface area contributed by atoms with Crippen LogP contribution in [0.2, 0.25) is 5.02 Å². The van der Waals surface area contributed by atoms with Crippen molar-refractivity contribution in [1.82, 2.24) is 14.1 Å². The molecular formula is C15H15ClF3N3OS. The van der Waals surface area contributed by atoms with E-state index in [1.807, 2.05) is 0 Å². The fraction of sp³-hybridized carbons (Fsp3) is 0.333. The number of halogens is 4. The van der Waals surface area contributed by atoms with Gasteiger partial charge in [0.25, 0.3) is 5.56 Å². The van der Waals surface area contributed by atoms with E-state index in [4.69, 9.17) is 11.6 Å². The molecule has 0 aliphatic heterocycles. The van der Waals surface area contributed by atoms with Crippen molar-refractivity contribution in [2.24, 2.45) is 7.05 Å². The second kappa shape index (κ2) is 7.58. The normalized spacial score (nSPS) is 13.3. The van der Waals surface area contributed by atoms with Gasteiger partial charge in [0, 0.05) is 29.6 Å². The van der Waals surface area contributed by atoms with E-state index >= 15 is 0 Å². The number of alkyl halides is 3. The number of hydrogen-bond acceptors (Lipinski definition) is 4. The predicted octanol–water partition coefficient (Wildman–Crippen LogP) is 4.07. The molecule has 0 fully saturated rings. The van der Waals surface area contributed by atoms with Gasteiger partial charge in [-0.05, 0) is 29.6 Å². The molecule has 0 saturated carbocycles. The van der Waals surface area contributed by atoms with Crippen molar-refractivity contribution in [2.75, 3.05) is 6.54 Å². The lowest BCUT2D eigenvalue weighted by Crippen LogP contribution is -2.34. The van der Waals surface area contributed by atoms with Crippen LogP contribution in [-0.4, -0.2) is 26.8 Å². The van der Waals surface area contributed by atoms with E-state index in [2.05, 4.69) is 5.10 Å². The van der Waals surface area contributed by atoms with Crippen LogP contribution in [0.5, 0.6) is 0 Å². The van der Waals surface area contributed by atoms with Gasteiger partial charge < -0.3 is 0 Å². The fourth-order valence-electron chi connectivity index (χ4n) is 2.10. The molecule has 1 aromatic heterocycles. The summed E-state index contributed by atoms with van der Waals surface area (Å²) in [7, 11) is 1.47. The largest absolute Gasteiger partial charge is 0.408 e. The monoisotopic (exact) mass is 377 g/mol. The number of nitrogens with zero attached hydrogens (tertiary/aromatic N) is 3. The summed E-state index contributed by atoms with van der Waals surface area (Å²) < 4.78 is 43.1. The van der Waals surface area contributed by atoms with Crippen molar-refractivity contribution in [3.05, 3.63) is 57.5 Å². The minimum Gasteiger partial charge on any atom is -0.268 e. The van der Waals surface area contributed by atoms with Crippen LogP contribution in [0.4, 0.5) is 13.2 Å². The number of aryl methyl sites for hydroxylation is 1. The van der Waals surface area contributed by atoms with E-state index < -0.39 is 12.2 Å². The third kappa shape index (κ3) is 4.52. The van der Waals surface area contributed by atoms with Gasteiger partial charge in [0.1, 0.15) is 6.04 Å². The van der Waals surface area contributed by atoms with E-state index in [-0.39, 0.29) is 17.7 Å². The molecule has 9 heteroatoms. The quantitative estimate of drug-likeness (QED) is 0.736. The molecule has 4 nitrogen and oxygen atoms in total. The highest BCUT2D eigenvalue weighted by Gasteiger charge is 2.44. The summed E-state index contributed by atoms with van der Waals surface area (Å²) in [6, 6.07) is 4.99. The lowest BCUT2D eigenvalue weighted by molar-refractivity contribution is -0.172. The summed E-state index contributed by atoms with van der Waals surface area (Å²) in [5.74, 6) is 0. The van der Waals surface area contributed by atoms with E-state index in [0.717, 1.165) is 16.6 Å². The second-order valence-corrected chi connectivity index (χ2v) is 6.53. The van der Waals surface area contributed by atoms with Crippen LogP contribution in [0.3, 0.4) is 0 Å². The van der Waals surface area contributed by atoms with Crippen LogP contribution in [-0.2, 0) is 7.05 Å². The van der Waals surface area contributed by atoms with Gasteiger partial charge in [-0.25, -0.2) is 8.99 Å². The zero-order valence-corrected chi connectivity index (χ0v) is 14.5. The first-order chi connectivity index (χ1) is 11.2. The number of rotatable bonds is 5. The lowest BCUT2D eigenvalue weighted by atomic mass is 10.1. The first-order valence-corrected chi connectivity index (χ1v) is 8.17. The van der Waals surface area contributed by atoms with Crippen molar-refractivity contribution in [2.45, 2.75) is 24.0 Å². The van der Waals surface area contributed by atoms with Crippen molar-refractivity contribution >= 4 is 23.5 Å². The Morgan fingerprint density at radius 1 is 1.33 bits per heavy atom. The third-order valence-corrected chi connectivity index (χ3v) is 4.65. The highest BCUT2D eigenvalue weighted by molar-refractivity contribution is 7.97. The molecule has 24 heavy (non-hydrogen) atoms. The summed E-state index contributed by atoms with van der Waals surface area (Å²) in [4.78, 5) is 12.0. The van der Waals surface area contributed by atoms with Crippen LogP contribution >= 0.6 is 23.5 Å². The first-order valence-electron chi connectivity index (χ1n) is 7.02. The van der Waals surface area contributed by atoms with Gasteiger partial charge in [-0.3, -0.25) is 4.79 Å². The lowest BCUT2D eigenvalue weighted by Gasteiger charge is -2.31. The molecule has 0 aliphatic rings. The molecule has 0 bridgehead atoms. The van der Waals surface area contributed by atoms with Gasteiger partial charge in [-0.15, -0.1) is 0 Å². The average Bonchev–Trinajstić information content (AvgIpc) is 2.50. The molecule has 0 saturated heterocycles. The highest BCUT2D eigenvalue weighted by Crippen LogP contribution is 2.42. The number of hydrogen-bond donors (Lipinski definition) is 0. The first kappa shape index (κ1) is 18.8. The number of aromatic nitrogens is 2. The van der Waals surface area contributed by atoms with Gasteiger partial charge in [-0.1, -0.05) is 30.7 Å². The Labute approximate surface area is 146 Å². The van der Waals surface area contributed by atoms with Gasteiger partial charge >= 0.3 is 6.18 Å². The molecule has 0 N–H and O–H groups in total. The zero-order valence-electron chi connectivity index (χ0n) is 12.9. The fourth-order valence-corrected chi connectivity index (χ4v) is 3.22. The van der Waals surface area contributed by atoms with Crippen LogP contribution < -0.4 is 5.56 Å². The smallest absolute Gasteiger partial charge is 0.268 e. The van der Waals surface area contributed by atoms with E-state index in [9.17, 15) is 18.0 Å². The second-order valence-electron chi connectivity index (χ2n) is 4.97. The van der Waals surface area contributed by atoms with E-state index in [0.29, 0.717) is 9.92 Å². The van der Waals surface area contributed by atoms with E-state index in [1.165, 1.54) is 47.9 Å². The maximum Gasteiger partial charge on any atom is 0.408 e. The Kier molecular flexibility index (Phi) is 5.95.